The van der Waals surface area contributed by atoms with Crippen molar-refractivity contribution < 1.29 is 0 Å². The van der Waals surface area contributed by atoms with Crippen LogP contribution in [-0.4, -0.2) is 6.54 Å². The molecule has 1 aliphatic carbocycles. The smallest absolute Gasteiger partial charge is 0.101 e. The predicted molar refractivity (Wildman–Crippen MR) is 70.6 cm³/mol. The summed E-state index contributed by atoms with van der Waals surface area (Å²) in [5.74, 6) is 0. The minimum Gasteiger partial charge on any atom is -0.396 e. The standard InChI is InChI=1S/C14H19N3/c1-2-6-14(7-8-14)10-17-12-5-3-4-11(9-15)13(12)16/h3-5,17H,2,6-8,10,16H2,1H3. The molecule has 90 valence electrons. The van der Waals surface area contributed by atoms with Crippen LogP contribution in [0.2, 0.25) is 0 Å². The maximum Gasteiger partial charge on any atom is 0.101 e. The lowest BCUT2D eigenvalue weighted by molar-refractivity contribution is 0.486. The molecule has 3 N–H and O–H groups in total. The summed E-state index contributed by atoms with van der Waals surface area (Å²) in [5.41, 5.74) is 8.44. The van der Waals surface area contributed by atoms with Crippen LogP contribution in [-0.2, 0) is 0 Å². The molecule has 0 aliphatic heterocycles. The highest BCUT2D eigenvalue weighted by Crippen LogP contribution is 2.49. The van der Waals surface area contributed by atoms with E-state index in [4.69, 9.17) is 11.0 Å². The molecule has 0 amide bonds. The van der Waals surface area contributed by atoms with Crippen LogP contribution in [0.5, 0.6) is 0 Å². The van der Waals surface area contributed by atoms with Crippen molar-refractivity contribution in [1.29, 1.82) is 5.26 Å². The van der Waals surface area contributed by atoms with Gasteiger partial charge in [-0.3, -0.25) is 0 Å². The summed E-state index contributed by atoms with van der Waals surface area (Å²) in [5, 5.41) is 12.3. The van der Waals surface area contributed by atoms with Crippen molar-refractivity contribution in [3.63, 3.8) is 0 Å². The summed E-state index contributed by atoms with van der Waals surface area (Å²) in [6.07, 6.45) is 5.13. The number of rotatable bonds is 5. The fraction of sp³-hybridized carbons (Fsp3) is 0.500. The van der Waals surface area contributed by atoms with Gasteiger partial charge in [-0.2, -0.15) is 5.26 Å². The van der Waals surface area contributed by atoms with Crippen LogP contribution < -0.4 is 11.1 Å². The van der Waals surface area contributed by atoms with Gasteiger partial charge in [-0.15, -0.1) is 0 Å². The number of nitrogen functional groups attached to an aromatic ring is 1. The van der Waals surface area contributed by atoms with Crippen molar-refractivity contribution in [1.82, 2.24) is 0 Å². The van der Waals surface area contributed by atoms with Crippen molar-refractivity contribution in [2.75, 3.05) is 17.6 Å². The Balaban J connectivity index is 2.03. The first-order chi connectivity index (χ1) is 8.21. The van der Waals surface area contributed by atoms with E-state index in [1.165, 1.54) is 25.7 Å². The zero-order chi connectivity index (χ0) is 12.3. The first-order valence-electron chi connectivity index (χ1n) is 6.23. The maximum absolute atomic E-state index is 8.91. The van der Waals surface area contributed by atoms with Crippen LogP contribution in [0.15, 0.2) is 18.2 Å². The third-order valence-electron chi connectivity index (χ3n) is 3.62. The number of hydrogen-bond acceptors (Lipinski definition) is 3. The van der Waals surface area contributed by atoms with Gasteiger partial charge in [0, 0.05) is 6.54 Å². The van der Waals surface area contributed by atoms with E-state index in [0.717, 1.165) is 12.2 Å². The molecule has 1 aliphatic rings. The molecule has 0 aromatic heterocycles. The molecule has 2 rings (SSSR count). The lowest BCUT2D eigenvalue weighted by Crippen LogP contribution is -2.16. The van der Waals surface area contributed by atoms with Crippen molar-refractivity contribution in [3.8, 4) is 6.07 Å². The molecule has 0 radical (unpaired) electrons. The SMILES string of the molecule is CCCC1(CNc2cccc(C#N)c2N)CC1. The Morgan fingerprint density at radius 2 is 2.24 bits per heavy atom. The van der Waals surface area contributed by atoms with E-state index in [1.807, 2.05) is 12.1 Å². The largest absolute Gasteiger partial charge is 0.396 e. The van der Waals surface area contributed by atoms with Gasteiger partial charge < -0.3 is 11.1 Å². The van der Waals surface area contributed by atoms with Gasteiger partial charge in [0.25, 0.3) is 0 Å². The second-order valence-electron chi connectivity index (χ2n) is 4.98. The topological polar surface area (TPSA) is 61.8 Å². The number of nitriles is 1. The molecule has 0 bridgehead atoms. The highest BCUT2D eigenvalue weighted by molar-refractivity contribution is 5.72. The lowest BCUT2D eigenvalue weighted by atomic mass is 10.0. The third-order valence-corrected chi connectivity index (χ3v) is 3.62. The molecule has 1 aromatic carbocycles. The van der Waals surface area contributed by atoms with Gasteiger partial charge in [0.05, 0.1) is 16.9 Å². The summed E-state index contributed by atoms with van der Waals surface area (Å²) in [4.78, 5) is 0. The molecule has 1 fully saturated rings. The molecule has 0 atom stereocenters. The molecule has 17 heavy (non-hydrogen) atoms. The Kier molecular flexibility index (Phi) is 3.23. The fourth-order valence-electron chi connectivity index (χ4n) is 2.32. The van der Waals surface area contributed by atoms with Gasteiger partial charge in [-0.25, -0.2) is 0 Å². The zero-order valence-electron chi connectivity index (χ0n) is 10.3. The van der Waals surface area contributed by atoms with Crippen LogP contribution in [0, 0.1) is 16.7 Å². The highest BCUT2D eigenvalue weighted by Gasteiger charge is 2.41. The molecule has 1 aromatic rings. The number of hydrogen-bond donors (Lipinski definition) is 2. The normalized spacial score (nSPS) is 16.2. The first-order valence-corrected chi connectivity index (χ1v) is 6.23. The molecule has 3 heteroatoms. The van der Waals surface area contributed by atoms with Crippen molar-refractivity contribution in [2.45, 2.75) is 32.6 Å². The molecule has 3 nitrogen and oxygen atoms in total. The summed E-state index contributed by atoms with van der Waals surface area (Å²) in [7, 11) is 0. The molecule has 0 saturated heterocycles. The zero-order valence-corrected chi connectivity index (χ0v) is 10.3. The summed E-state index contributed by atoms with van der Waals surface area (Å²) in [6, 6.07) is 7.67. The lowest BCUT2D eigenvalue weighted by Gasteiger charge is -2.17. The van der Waals surface area contributed by atoms with Gasteiger partial charge in [-0.1, -0.05) is 19.4 Å². The summed E-state index contributed by atoms with van der Waals surface area (Å²) >= 11 is 0. The molecule has 0 spiro atoms. The Morgan fingerprint density at radius 1 is 1.47 bits per heavy atom. The summed E-state index contributed by atoms with van der Waals surface area (Å²) < 4.78 is 0. The summed E-state index contributed by atoms with van der Waals surface area (Å²) in [6.45, 7) is 3.20. The van der Waals surface area contributed by atoms with E-state index in [9.17, 15) is 0 Å². The monoisotopic (exact) mass is 229 g/mol. The third kappa shape index (κ3) is 2.52. The minimum atomic E-state index is 0.490. The Bertz CT molecular complexity index is 441. The van der Waals surface area contributed by atoms with E-state index in [-0.39, 0.29) is 0 Å². The average Bonchev–Trinajstić information content (AvgIpc) is 3.09. The average molecular weight is 229 g/mol. The molecule has 0 heterocycles. The van der Waals surface area contributed by atoms with Crippen LogP contribution >= 0.6 is 0 Å². The van der Waals surface area contributed by atoms with Crippen LogP contribution in [0.3, 0.4) is 0 Å². The second-order valence-corrected chi connectivity index (χ2v) is 4.98. The Morgan fingerprint density at radius 3 is 2.82 bits per heavy atom. The van der Waals surface area contributed by atoms with E-state index in [1.54, 1.807) is 6.07 Å². The van der Waals surface area contributed by atoms with Gasteiger partial charge in [0.1, 0.15) is 6.07 Å². The van der Waals surface area contributed by atoms with Gasteiger partial charge in [0.2, 0.25) is 0 Å². The van der Waals surface area contributed by atoms with E-state index >= 15 is 0 Å². The molecular weight excluding hydrogens is 210 g/mol. The number of para-hydroxylation sites is 1. The number of nitrogens with one attached hydrogen (secondary N) is 1. The number of nitrogens with two attached hydrogens (primary N) is 1. The van der Waals surface area contributed by atoms with Crippen molar-refractivity contribution in [2.24, 2.45) is 5.41 Å². The van der Waals surface area contributed by atoms with E-state index in [0.29, 0.717) is 16.7 Å². The van der Waals surface area contributed by atoms with E-state index in [2.05, 4.69) is 18.3 Å². The van der Waals surface area contributed by atoms with Gasteiger partial charge in [-0.05, 0) is 36.8 Å². The molecule has 1 saturated carbocycles. The second kappa shape index (κ2) is 4.67. The van der Waals surface area contributed by atoms with Gasteiger partial charge in [0.15, 0.2) is 0 Å². The van der Waals surface area contributed by atoms with Crippen molar-refractivity contribution >= 4 is 11.4 Å². The highest BCUT2D eigenvalue weighted by atomic mass is 14.9. The number of nitrogens with zero attached hydrogens (tertiary/aromatic N) is 1. The predicted octanol–water partition coefficient (Wildman–Crippen LogP) is 3.13. The van der Waals surface area contributed by atoms with Crippen LogP contribution in [0.4, 0.5) is 11.4 Å². The first kappa shape index (κ1) is 11.8. The quantitative estimate of drug-likeness (QED) is 0.762. The van der Waals surface area contributed by atoms with Crippen molar-refractivity contribution in [3.05, 3.63) is 23.8 Å². The Hall–Kier alpha value is -1.69. The van der Waals surface area contributed by atoms with Crippen LogP contribution in [0.25, 0.3) is 0 Å². The maximum atomic E-state index is 8.91. The fourth-order valence-corrected chi connectivity index (χ4v) is 2.32. The van der Waals surface area contributed by atoms with E-state index < -0.39 is 0 Å². The Labute approximate surface area is 103 Å². The molecule has 0 unspecified atom stereocenters. The number of benzene rings is 1. The van der Waals surface area contributed by atoms with Crippen LogP contribution in [0.1, 0.15) is 38.2 Å². The number of anilines is 2. The minimum absolute atomic E-state index is 0.490. The van der Waals surface area contributed by atoms with Gasteiger partial charge >= 0.3 is 0 Å². The molecular formula is C14H19N3.